The average Bonchev–Trinajstić information content (AvgIpc) is 2.44. The number of rotatable bonds is 5. The molecule has 0 bridgehead atoms. The van der Waals surface area contributed by atoms with Crippen LogP contribution in [0.2, 0.25) is 0 Å². The number of hydrogen-bond acceptors (Lipinski definition) is 2. The van der Waals surface area contributed by atoms with E-state index >= 15 is 0 Å². The van der Waals surface area contributed by atoms with E-state index in [2.05, 4.69) is 35.8 Å². The molecule has 0 spiro atoms. The Morgan fingerprint density at radius 3 is 2.75 bits per heavy atom. The fraction of sp³-hybridized carbons (Fsp3) is 0.556. The molecule has 3 N–H and O–H groups in total. The first-order chi connectivity index (χ1) is 9.86. The molecule has 3 rings (SSSR count). The minimum atomic E-state index is 0.263. The highest BCUT2D eigenvalue weighted by molar-refractivity contribution is 5.30. The zero-order chi connectivity index (χ0) is 13.8. The lowest BCUT2D eigenvalue weighted by Crippen LogP contribution is -2.28. The van der Waals surface area contributed by atoms with Gasteiger partial charge in [0.1, 0.15) is 0 Å². The van der Waals surface area contributed by atoms with Crippen LogP contribution in [0.25, 0.3) is 0 Å². The van der Waals surface area contributed by atoms with Gasteiger partial charge in [-0.25, -0.2) is 0 Å². The van der Waals surface area contributed by atoms with Crippen molar-refractivity contribution in [2.75, 3.05) is 0 Å². The number of nitrogens with one attached hydrogen (secondary N) is 1. The molecule has 1 fully saturated rings. The molecule has 20 heavy (non-hydrogen) atoms. The van der Waals surface area contributed by atoms with Crippen LogP contribution in [0, 0.1) is 0 Å². The van der Waals surface area contributed by atoms with Gasteiger partial charge in [-0.2, -0.15) is 0 Å². The quantitative estimate of drug-likeness (QED) is 0.474. The molecule has 2 nitrogen and oxygen atoms in total. The lowest BCUT2D eigenvalue weighted by Gasteiger charge is -2.27. The van der Waals surface area contributed by atoms with Crippen LogP contribution in [-0.4, -0.2) is 0 Å². The molecular formula is C18H26N2. The molecule has 0 aliphatic heterocycles. The predicted octanol–water partition coefficient (Wildman–Crippen LogP) is 4.35. The van der Waals surface area contributed by atoms with Gasteiger partial charge in [-0.15, -0.1) is 0 Å². The van der Waals surface area contributed by atoms with Gasteiger partial charge < -0.3 is 0 Å². The molecule has 108 valence electrons. The number of hydrogen-bond donors (Lipinski definition) is 2. The Balaban J connectivity index is 1.72. The van der Waals surface area contributed by atoms with Gasteiger partial charge in [-0.1, -0.05) is 42.3 Å². The summed E-state index contributed by atoms with van der Waals surface area (Å²) in [6.07, 6.45) is 12.8. The van der Waals surface area contributed by atoms with Crippen molar-refractivity contribution in [3.05, 3.63) is 47.0 Å². The summed E-state index contributed by atoms with van der Waals surface area (Å²) in [7, 11) is 0. The third-order valence-electron chi connectivity index (χ3n) is 4.94. The summed E-state index contributed by atoms with van der Waals surface area (Å²) in [5.41, 5.74) is 7.46. The van der Waals surface area contributed by atoms with Crippen LogP contribution >= 0.6 is 0 Å². The lowest BCUT2D eigenvalue weighted by molar-refractivity contribution is 0.418. The van der Waals surface area contributed by atoms with Crippen LogP contribution in [0.4, 0.5) is 0 Å². The maximum absolute atomic E-state index is 5.82. The van der Waals surface area contributed by atoms with Crippen LogP contribution in [-0.2, 0) is 0 Å². The highest BCUT2D eigenvalue weighted by Gasteiger charge is 2.21. The third kappa shape index (κ3) is 3.13. The monoisotopic (exact) mass is 270 g/mol. The zero-order valence-electron chi connectivity index (χ0n) is 12.3. The van der Waals surface area contributed by atoms with Crippen molar-refractivity contribution >= 4 is 0 Å². The van der Waals surface area contributed by atoms with Gasteiger partial charge >= 0.3 is 0 Å². The van der Waals surface area contributed by atoms with Crippen molar-refractivity contribution in [2.24, 2.45) is 5.84 Å². The molecule has 1 atom stereocenters. The molecule has 0 heterocycles. The second-order valence-electron chi connectivity index (χ2n) is 6.33. The zero-order valence-corrected chi connectivity index (χ0v) is 12.3. The summed E-state index contributed by atoms with van der Waals surface area (Å²) in [6, 6.07) is 9.33. The SMILES string of the molecule is NNC(CC1=CCCCC1)c1cccc(C2CCC2)c1. The molecule has 1 aromatic rings. The van der Waals surface area contributed by atoms with Crippen LogP contribution in [0.15, 0.2) is 35.9 Å². The van der Waals surface area contributed by atoms with E-state index in [1.165, 1.54) is 56.1 Å². The van der Waals surface area contributed by atoms with Crippen LogP contribution in [0.5, 0.6) is 0 Å². The molecule has 0 aromatic heterocycles. The summed E-state index contributed by atoms with van der Waals surface area (Å²) in [5, 5.41) is 0. The summed E-state index contributed by atoms with van der Waals surface area (Å²) >= 11 is 0. The fourth-order valence-electron chi connectivity index (χ4n) is 3.40. The molecule has 2 heteroatoms. The maximum Gasteiger partial charge on any atom is 0.0497 e. The molecular weight excluding hydrogens is 244 g/mol. The maximum atomic E-state index is 5.82. The molecule has 2 aliphatic rings. The van der Waals surface area contributed by atoms with Gasteiger partial charge in [0.05, 0.1) is 0 Å². The van der Waals surface area contributed by atoms with Gasteiger partial charge in [0, 0.05) is 6.04 Å². The molecule has 2 aliphatic carbocycles. The molecule has 0 radical (unpaired) electrons. The van der Waals surface area contributed by atoms with Gasteiger partial charge in [-0.05, 0) is 62.0 Å². The largest absolute Gasteiger partial charge is 0.271 e. The van der Waals surface area contributed by atoms with E-state index in [1.807, 2.05) is 0 Å². The molecule has 0 amide bonds. The second kappa shape index (κ2) is 6.55. The summed E-state index contributed by atoms with van der Waals surface area (Å²) in [6.45, 7) is 0. The van der Waals surface area contributed by atoms with E-state index in [9.17, 15) is 0 Å². The minimum absolute atomic E-state index is 0.263. The Bertz CT molecular complexity index is 474. The van der Waals surface area contributed by atoms with Gasteiger partial charge in [0.15, 0.2) is 0 Å². The van der Waals surface area contributed by atoms with Crippen molar-refractivity contribution in [1.82, 2.24) is 5.43 Å². The van der Waals surface area contributed by atoms with Gasteiger partial charge in [0.2, 0.25) is 0 Å². The Morgan fingerprint density at radius 2 is 2.10 bits per heavy atom. The van der Waals surface area contributed by atoms with Crippen molar-refractivity contribution in [2.45, 2.75) is 63.3 Å². The van der Waals surface area contributed by atoms with E-state index in [-0.39, 0.29) is 6.04 Å². The van der Waals surface area contributed by atoms with Crippen molar-refractivity contribution in [3.8, 4) is 0 Å². The van der Waals surface area contributed by atoms with E-state index < -0.39 is 0 Å². The van der Waals surface area contributed by atoms with Crippen LogP contribution in [0.3, 0.4) is 0 Å². The third-order valence-corrected chi connectivity index (χ3v) is 4.94. The molecule has 1 aromatic carbocycles. The van der Waals surface area contributed by atoms with E-state index in [1.54, 1.807) is 5.57 Å². The Morgan fingerprint density at radius 1 is 1.20 bits per heavy atom. The fourth-order valence-corrected chi connectivity index (χ4v) is 3.40. The predicted molar refractivity (Wildman–Crippen MR) is 84.3 cm³/mol. The Labute approximate surface area is 122 Å². The lowest BCUT2D eigenvalue weighted by atomic mass is 9.79. The van der Waals surface area contributed by atoms with Gasteiger partial charge in [-0.3, -0.25) is 11.3 Å². The molecule has 0 saturated heterocycles. The van der Waals surface area contributed by atoms with Crippen molar-refractivity contribution < 1.29 is 0 Å². The topological polar surface area (TPSA) is 38.0 Å². The van der Waals surface area contributed by atoms with E-state index in [0.717, 1.165) is 12.3 Å². The first kappa shape index (κ1) is 13.8. The molecule has 1 saturated carbocycles. The number of allylic oxidation sites excluding steroid dienone is 1. The smallest absolute Gasteiger partial charge is 0.0497 e. The van der Waals surface area contributed by atoms with E-state index in [4.69, 9.17) is 5.84 Å². The number of benzene rings is 1. The Hall–Kier alpha value is -1.12. The number of nitrogens with two attached hydrogens (primary N) is 1. The van der Waals surface area contributed by atoms with Crippen molar-refractivity contribution in [3.63, 3.8) is 0 Å². The van der Waals surface area contributed by atoms with Gasteiger partial charge in [0.25, 0.3) is 0 Å². The first-order valence-electron chi connectivity index (χ1n) is 8.10. The average molecular weight is 270 g/mol. The first-order valence-corrected chi connectivity index (χ1v) is 8.10. The van der Waals surface area contributed by atoms with Crippen molar-refractivity contribution in [1.29, 1.82) is 0 Å². The van der Waals surface area contributed by atoms with Crippen LogP contribution in [0.1, 0.15) is 74.5 Å². The number of hydrazine groups is 1. The second-order valence-corrected chi connectivity index (χ2v) is 6.33. The Kier molecular flexibility index (Phi) is 4.54. The summed E-state index contributed by atoms with van der Waals surface area (Å²) in [5.74, 6) is 6.61. The summed E-state index contributed by atoms with van der Waals surface area (Å²) in [4.78, 5) is 0. The molecule has 1 unspecified atom stereocenters. The van der Waals surface area contributed by atoms with E-state index in [0.29, 0.717) is 0 Å². The minimum Gasteiger partial charge on any atom is -0.271 e. The standard InChI is InChI=1S/C18H26N2/c19-20-18(12-14-6-2-1-3-7-14)17-11-5-10-16(13-17)15-8-4-9-15/h5-6,10-11,13,15,18,20H,1-4,7-9,12,19H2. The highest BCUT2D eigenvalue weighted by Crippen LogP contribution is 2.37. The summed E-state index contributed by atoms with van der Waals surface area (Å²) < 4.78 is 0. The van der Waals surface area contributed by atoms with Crippen LogP contribution < -0.4 is 11.3 Å². The highest BCUT2D eigenvalue weighted by atomic mass is 15.2. The normalized spacial score (nSPS) is 21.1.